The first-order valence-electron chi connectivity index (χ1n) is 4.72. The summed E-state index contributed by atoms with van der Waals surface area (Å²) < 4.78 is 26.3. The molecule has 0 atom stereocenters. The van der Waals surface area contributed by atoms with Crippen LogP contribution in [0.25, 0.3) is 0 Å². The lowest BCUT2D eigenvalue weighted by molar-refractivity contribution is 0.464. The molecular formula is C9H10BrClN2O2S. The van der Waals surface area contributed by atoms with Gasteiger partial charge in [0.05, 0.1) is 0 Å². The Labute approximate surface area is 108 Å². The second-order valence-corrected chi connectivity index (χ2v) is 6.93. The van der Waals surface area contributed by atoms with Gasteiger partial charge in [-0.1, -0.05) is 11.6 Å². The van der Waals surface area contributed by atoms with Crippen molar-refractivity contribution in [1.29, 1.82) is 0 Å². The third-order valence-electron chi connectivity index (χ3n) is 2.49. The molecule has 2 rings (SSSR count). The van der Waals surface area contributed by atoms with Crippen LogP contribution in [0.4, 0.5) is 0 Å². The molecule has 0 spiro atoms. The van der Waals surface area contributed by atoms with E-state index in [4.69, 9.17) is 11.6 Å². The number of aromatic nitrogens is 1. The maximum Gasteiger partial charge on any atom is 0.246 e. The lowest BCUT2D eigenvalue weighted by Gasteiger charge is -2.16. The summed E-state index contributed by atoms with van der Waals surface area (Å²) in [5, 5.41) is 0.00991. The molecule has 4 nitrogen and oxygen atoms in total. The molecule has 1 aliphatic carbocycles. The molecule has 0 radical (unpaired) electrons. The van der Waals surface area contributed by atoms with E-state index in [1.54, 1.807) is 7.05 Å². The lowest BCUT2D eigenvalue weighted by Crippen LogP contribution is -2.29. The van der Waals surface area contributed by atoms with Gasteiger partial charge in [0.2, 0.25) is 10.0 Å². The van der Waals surface area contributed by atoms with Crippen molar-refractivity contribution in [2.24, 2.45) is 0 Å². The molecule has 0 saturated heterocycles. The number of sulfonamides is 1. The quantitative estimate of drug-likeness (QED) is 0.801. The molecule has 0 aliphatic heterocycles. The average Bonchev–Trinajstić information content (AvgIpc) is 3.04. The van der Waals surface area contributed by atoms with Crippen LogP contribution in [0.2, 0.25) is 5.15 Å². The molecule has 1 aromatic rings. The van der Waals surface area contributed by atoms with E-state index in [0.29, 0.717) is 4.47 Å². The van der Waals surface area contributed by atoms with Gasteiger partial charge in [0.1, 0.15) is 10.0 Å². The molecule has 1 fully saturated rings. The number of hydrogen-bond acceptors (Lipinski definition) is 3. The molecule has 0 unspecified atom stereocenters. The highest BCUT2D eigenvalue weighted by Gasteiger charge is 2.36. The Bertz CT molecular complexity index is 516. The molecule has 1 aromatic heterocycles. The van der Waals surface area contributed by atoms with Gasteiger partial charge in [-0.25, -0.2) is 13.4 Å². The van der Waals surface area contributed by atoms with E-state index >= 15 is 0 Å². The van der Waals surface area contributed by atoms with Gasteiger partial charge in [-0.2, -0.15) is 4.31 Å². The smallest absolute Gasteiger partial charge is 0.242 e. The minimum atomic E-state index is -3.52. The molecule has 1 aliphatic rings. The molecular weight excluding hydrogens is 316 g/mol. The fourth-order valence-corrected chi connectivity index (χ4v) is 3.71. The molecule has 88 valence electrons. The normalized spacial score (nSPS) is 16.8. The molecule has 7 heteroatoms. The van der Waals surface area contributed by atoms with Gasteiger partial charge < -0.3 is 0 Å². The number of rotatable bonds is 3. The van der Waals surface area contributed by atoms with Crippen LogP contribution in [0, 0.1) is 0 Å². The highest BCUT2D eigenvalue weighted by Crippen LogP contribution is 2.32. The number of nitrogens with zero attached hydrogens (tertiary/aromatic N) is 2. The summed E-state index contributed by atoms with van der Waals surface area (Å²) in [6, 6.07) is 1.59. The van der Waals surface area contributed by atoms with Crippen molar-refractivity contribution in [3.05, 3.63) is 21.9 Å². The van der Waals surface area contributed by atoms with Gasteiger partial charge in [0, 0.05) is 23.8 Å². The third-order valence-corrected chi connectivity index (χ3v) is 5.26. The van der Waals surface area contributed by atoms with E-state index < -0.39 is 10.0 Å². The van der Waals surface area contributed by atoms with Crippen LogP contribution >= 0.6 is 27.5 Å². The first-order chi connectivity index (χ1) is 7.43. The molecule has 0 aromatic carbocycles. The fraction of sp³-hybridized carbons (Fsp3) is 0.444. The highest BCUT2D eigenvalue weighted by atomic mass is 79.9. The summed E-state index contributed by atoms with van der Waals surface area (Å²) in [5.74, 6) is 0. The molecule has 0 N–H and O–H groups in total. The summed E-state index contributed by atoms with van der Waals surface area (Å²) in [7, 11) is -1.95. The van der Waals surface area contributed by atoms with Crippen LogP contribution < -0.4 is 0 Å². The number of halogens is 2. The average molecular weight is 326 g/mol. The first kappa shape index (κ1) is 12.3. The standard InChI is InChI=1S/C9H10BrClN2O2S/c1-13(7-2-3-7)16(14,15)8-4-6(10)5-12-9(8)11/h4-5,7H,2-3H2,1H3. The Kier molecular flexibility index (Phi) is 3.27. The summed E-state index contributed by atoms with van der Waals surface area (Å²) in [5.41, 5.74) is 0. The Hall–Kier alpha value is -0.170. The van der Waals surface area contributed by atoms with Crippen LogP contribution in [-0.2, 0) is 10.0 Å². The molecule has 0 amide bonds. The Balaban J connectivity index is 2.45. The monoisotopic (exact) mass is 324 g/mol. The fourth-order valence-electron chi connectivity index (χ4n) is 1.37. The van der Waals surface area contributed by atoms with E-state index in [2.05, 4.69) is 20.9 Å². The van der Waals surface area contributed by atoms with Crippen LogP contribution in [0.5, 0.6) is 0 Å². The molecule has 1 heterocycles. The van der Waals surface area contributed by atoms with E-state index in [1.165, 1.54) is 16.6 Å². The van der Waals surface area contributed by atoms with Crippen molar-refractivity contribution in [2.45, 2.75) is 23.8 Å². The third kappa shape index (κ3) is 2.25. The van der Waals surface area contributed by atoms with E-state index in [-0.39, 0.29) is 16.1 Å². The Morgan fingerprint density at radius 3 is 2.75 bits per heavy atom. The number of pyridine rings is 1. The van der Waals surface area contributed by atoms with Gasteiger partial charge >= 0.3 is 0 Å². The van der Waals surface area contributed by atoms with Crippen molar-refractivity contribution >= 4 is 37.6 Å². The van der Waals surface area contributed by atoms with Gasteiger partial charge in [-0.3, -0.25) is 0 Å². The van der Waals surface area contributed by atoms with Crippen molar-refractivity contribution in [3.63, 3.8) is 0 Å². The van der Waals surface area contributed by atoms with E-state index in [0.717, 1.165) is 12.8 Å². The lowest BCUT2D eigenvalue weighted by atomic mass is 10.5. The predicted octanol–water partition coefficient (Wildman–Crippen LogP) is 2.28. The second kappa shape index (κ2) is 4.25. The SMILES string of the molecule is CN(C1CC1)S(=O)(=O)c1cc(Br)cnc1Cl. The van der Waals surface area contributed by atoms with E-state index in [1.807, 2.05) is 0 Å². The van der Waals surface area contributed by atoms with E-state index in [9.17, 15) is 8.42 Å². The maximum atomic E-state index is 12.2. The second-order valence-electron chi connectivity index (χ2n) is 3.69. The van der Waals surface area contributed by atoms with Crippen molar-refractivity contribution in [3.8, 4) is 0 Å². The molecule has 0 bridgehead atoms. The van der Waals surface area contributed by atoms with Crippen LogP contribution in [0.15, 0.2) is 21.6 Å². The van der Waals surface area contributed by atoms with Gasteiger partial charge in [0.25, 0.3) is 0 Å². The topological polar surface area (TPSA) is 50.3 Å². The Morgan fingerprint density at radius 2 is 2.19 bits per heavy atom. The number of hydrogen-bond donors (Lipinski definition) is 0. The van der Waals surface area contributed by atoms with Crippen LogP contribution in [0.3, 0.4) is 0 Å². The van der Waals surface area contributed by atoms with Crippen LogP contribution in [0.1, 0.15) is 12.8 Å². The summed E-state index contributed by atoms with van der Waals surface area (Å²) in [6.45, 7) is 0. The zero-order valence-electron chi connectivity index (χ0n) is 8.52. The maximum absolute atomic E-state index is 12.2. The molecule has 1 saturated carbocycles. The van der Waals surface area contributed by atoms with Gasteiger partial charge in [-0.15, -0.1) is 0 Å². The zero-order valence-corrected chi connectivity index (χ0v) is 11.7. The minimum Gasteiger partial charge on any atom is -0.242 e. The van der Waals surface area contributed by atoms with Gasteiger partial charge in [-0.05, 0) is 34.8 Å². The largest absolute Gasteiger partial charge is 0.246 e. The van der Waals surface area contributed by atoms with Crippen molar-refractivity contribution in [2.75, 3.05) is 7.05 Å². The first-order valence-corrected chi connectivity index (χ1v) is 7.33. The molecule has 16 heavy (non-hydrogen) atoms. The summed E-state index contributed by atoms with van der Waals surface area (Å²) in [4.78, 5) is 3.87. The van der Waals surface area contributed by atoms with Crippen LogP contribution in [-0.4, -0.2) is 30.8 Å². The Morgan fingerprint density at radius 1 is 1.56 bits per heavy atom. The van der Waals surface area contributed by atoms with Gasteiger partial charge in [0.15, 0.2) is 0 Å². The van der Waals surface area contributed by atoms with Crippen molar-refractivity contribution in [1.82, 2.24) is 9.29 Å². The predicted molar refractivity (Wildman–Crippen MR) is 64.9 cm³/mol. The zero-order chi connectivity index (χ0) is 11.9. The highest BCUT2D eigenvalue weighted by molar-refractivity contribution is 9.10. The summed E-state index contributed by atoms with van der Waals surface area (Å²) >= 11 is 9.00. The van der Waals surface area contributed by atoms with Crippen molar-refractivity contribution < 1.29 is 8.42 Å². The minimum absolute atomic E-state index is 0.00991. The summed E-state index contributed by atoms with van der Waals surface area (Å²) in [6.07, 6.45) is 3.29.